The Bertz CT molecular complexity index is 615. The predicted molar refractivity (Wildman–Crippen MR) is 86.8 cm³/mol. The topological polar surface area (TPSA) is 55.6 Å². The Morgan fingerprint density at radius 2 is 2.10 bits per heavy atom. The number of hydrogen-bond donors (Lipinski definition) is 1. The van der Waals surface area contributed by atoms with Crippen LogP contribution in [0.2, 0.25) is 4.34 Å². The Morgan fingerprint density at radius 1 is 1.33 bits per heavy atom. The summed E-state index contributed by atoms with van der Waals surface area (Å²) < 4.78 is 6.21. The van der Waals surface area contributed by atoms with Gasteiger partial charge in [-0.05, 0) is 31.2 Å². The Balaban J connectivity index is 1.93. The molecule has 1 amide bonds. The summed E-state index contributed by atoms with van der Waals surface area (Å²) in [7, 11) is 0. The van der Waals surface area contributed by atoms with E-state index in [0.717, 1.165) is 9.21 Å². The third-order valence-corrected chi connectivity index (χ3v) is 4.20. The van der Waals surface area contributed by atoms with E-state index in [0.29, 0.717) is 24.5 Å². The van der Waals surface area contributed by atoms with Gasteiger partial charge in [0.25, 0.3) is 5.91 Å². The molecule has 0 saturated carbocycles. The van der Waals surface area contributed by atoms with Gasteiger partial charge in [-0.2, -0.15) is 0 Å². The molecule has 0 atom stereocenters. The van der Waals surface area contributed by atoms with Gasteiger partial charge >= 0.3 is 0 Å². The number of likely N-dealkylation sites (N-methyl/N-ethyl adjacent to an activating group) is 1. The van der Waals surface area contributed by atoms with Gasteiger partial charge in [0.15, 0.2) is 6.61 Å². The lowest BCUT2D eigenvalue weighted by Crippen LogP contribution is -2.34. The van der Waals surface area contributed by atoms with Crippen LogP contribution in [0.3, 0.4) is 0 Å². The zero-order valence-corrected chi connectivity index (χ0v) is 13.3. The minimum Gasteiger partial charge on any atom is -0.482 e. The highest BCUT2D eigenvalue weighted by Crippen LogP contribution is 2.23. The fourth-order valence-corrected chi connectivity index (χ4v) is 2.95. The molecule has 0 aliphatic rings. The van der Waals surface area contributed by atoms with Crippen molar-refractivity contribution in [2.75, 3.05) is 18.9 Å². The van der Waals surface area contributed by atoms with Crippen molar-refractivity contribution < 1.29 is 9.53 Å². The van der Waals surface area contributed by atoms with Crippen molar-refractivity contribution in [1.82, 2.24) is 4.90 Å². The molecule has 0 saturated heterocycles. The van der Waals surface area contributed by atoms with Gasteiger partial charge in [0.2, 0.25) is 0 Å². The third kappa shape index (κ3) is 4.37. The molecule has 0 aliphatic heterocycles. The molecular weight excluding hydrogens is 308 g/mol. The predicted octanol–water partition coefficient (Wildman–Crippen LogP) is 3.41. The molecule has 0 bridgehead atoms. The molecule has 0 fully saturated rings. The molecule has 1 aromatic carbocycles. The summed E-state index contributed by atoms with van der Waals surface area (Å²) in [5.74, 6) is 0.450. The second-order valence-corrected chi connectivity index (χ2v) is 6.24. The molecule has 2 N–H and O–H groups in total. The average Bonchev–Trinajstić information content (AvgIpc) is 2.89. The summed E-state index contributed by atoms with van der Waals surface area (Å²) >= 11 is 7.38. The van der Waals surface area contributed by atoms with E-state index in [2.05, 4.69) is 0 Å². The van der Waals surface area contributed by atoms with Gasteiger partial charge in [-0.15, -0.1) is 11.3 Å². The molecule has 0 aliphatic carbocycles. The molecule has 6 heteroatoms. The van der Waals surface area contributed by atoms with Gasteiger partial charge in [-0.25, -0.2) is 0 Å². The van der Waals surface area contributed by atoms with E-state index in [1.54, 1.807) is 17.0 Å². The highest BCUT2D eigenvalue weighted by atomic mass is 35.5. The van der Waals surface area contributed by atoms with Crippen LogP contribution >= 0.6 is 22.9 Å². The van der Waals surface area contributed by atoms with Crippen molar-refractivity contribution in [3.63, 3.8) is 0 Å². The lowest BCUT2D eigenvalue weighted by atomic mass is 10.3. The molecule has 1 heterocycles. The van der Waals surface area contributed by atoms with Gasteiger partial charge in [0.05, 0.1) is 16.6 Å². The van der Waals surface area contributed by atoms with E-state index >= 15 is 0 Å². The largest absolute Gasteiger partial charge is 0.482 e. The molecule has 2 aromatic rings. The minimum absolute atomic E-state index is 0.0266. The molecule has 112 valence electrons. The smallest absolute Gasteiger partial charge is 0.260 e. The number of carbonyl (C=O) groups excluding carboxylic acids is 1. The van der Waals surface area contributed by atoms with Crippen LogP contribution in [-0.2, 0) is 11.3 Å². The second kappa shape index (κ2) is 7.33. The SMILES string of the molecule is CCN(Cc1ccc(Cl)s1)C(=O)COc1ccccc1N. The lowest BCUT2D eigenvalue weighted by molar-refractivity contribution is -0.133. The summed E-state index contributed by atoms with van der Waals surface area (Å²) in [6, 6.07) is 10.9. The summed E-state index contributed by atoms with van der Waals surface area (Å²) in [5, 5.41) is 0. The number of nitrogens with zero attached hydrogens (tertiary/aromatic N) is 1. The molecule has 4 nitrogen and oxygen atoms in total. The molecule has 0 unspecified atom stereocenters. The molecular formula is C15H17ClN2O2S. The fraction of sp³-hybridized carbons (Fsp3) is 0.267. The normalized spacial score (nSPS) is 10.4. The standard InChI is InChI=1S/C15H17ClN2O2S/c1-2-18(9-11-7-8-14(16)21-11)15(19)10-20-13-6-4-3-5-12(13)17/h3-8H,2,9-10,17H2,1H3. The van der Waals surface area contributed by atoms with Crippen molar-refractivity contribution >= 4 is 34.5 Å². The summed E-state index contributed by atoms with van der Waals surface area (Å²) in [6.07, 6.45) is 0. The van der Waals surface area contributed by atoms with Gasteiger partial charge in [0.1, 0.15) is 5.75 Å². The quantitative estimate of drug-likeness (QED) is 0.828. The summed E-state index contributed by atoms with van der Waals surface area (Å²) in [4.78, 5) is 15.0. The van der Waals surface area contributed by atoms with Crippen molar-refractivity contribution in [3.8, 4) is 5.75 Å². The van der Waals surface area contributed by atoms with E-state index in [1.807, 2.05) is 31.2 Å². The maximum absolute atomic E-state index is 12.2. The maximum Gasteiger partial charge on any atom is 0.260 e. The van der Waals surface area contributed by atoms with E-state index < -0.39 is 0 Å². The van der Waals surface area contributed by atoms with Crippen molar-refractivity contribution in [2.24, 2.45) is 0 Å². The van der Waals surface area contributed by atoms with Gasteiger partial charge in [0, 0.05) is 11.4 Å². The number of ether oxygens (including phenoxy) is 1. The van der Waals surface area contributed by atoms with Crippen LogP contribution in [0.4, 0.5) is 5.69 Å². The monoisotopic (exact) mass is 324 g/mol. The molecule has 0 radical (unpaired) electrons. The molecule has 0 spiro atoms. The van der Waals surface area contributed by atoms with Crippen LogP contribution in [-0.4, -0.2) is 24.0 Å². The van der Waals surface area contributed by atoms with E-state index in [-0.39, 0.29) is 12.5 Å². The highest BCUT2D eigenvalue weighted by Gasteiger charge is 2.14. The molecule has 2 rings (SSSR count). The van der Waals surface area contributed by atoms with Crippen molar-refractivity contribution in [2.45, 2.75) is 13.5 Å². The zero-order valence-electron chi connectivity index (χ0n) is 11.7. The van der Waals surface area contributed by atoms with Crippen molar-refractivity contribution in [3.05, 3.63) is 45.6 Å². The third-order valence-electron chi connectivity index (χ3n) is 2.98. The van der Waals surface area contributed by atoms with Crippen LogP contribution in [0.1, 0.15) is 11.8 Å². The van der Waals surface area contributed by atoms with Crippen LogP contribution in [0.5, 0.6) is 5.75 Å². The number of benzene rings is 1. The van der Waals surface area contributed by atoms with E-state index in [1.165, 1.54) is 11.3 Å². The van der Waals surface area contributed by atoms with Gasteiger partial charge in [-0.1, -0.05) is 23.7 Å². The van der Waals surface area contributed by atoms with Gasteiger partial charge < -0.3 is 15.4 Å². The Labute approximate surface area is 133 Å². The number of amides is 1. The molecule has 21 heavy (non-hydrogen) atoms. The lowest BCUT2D eigenvalue weighted by Gasteiger charge is -2.20. The first-order valence-corrected chi connectivity index (χ1v) is 7.79. The summed E-state index contributed by atoms with van der Waals surface area (Å²) in [5.41, 5.74) is 6.31. The highest BCUT2D eigenvalue weighted by molar-refractivity contribution is 7.16. The minimum atomic E-state index is -0.0784. The number of nitrogens with two attached hydrogens (primary N) is 1. The second-order valence-electron chi connectivity index (χ2n) is 4.44. The Morgan fingerprint density at radius 3 is 2.71 bits per heavy atom. The van der Waals surface area contributed by atoms with Gasteiger partial charge in [-0.3, -0.25) is 4.79 Å². The molecule has 1 aromatic heterocycles. The van der Waals surface area contributed by atoms with E-state index in [4.69, 9.17) is 22.1 Å². The number of anilines is 1. The van der Waals surface area contributed by atoms with Crippen LogP contribution in [0, 0.1) is 0 Å². The number of para-hydroxylation sites is 2. The summed E-state index contributed by atoms with van der Waals surface area (Å²) in [6.45, 7) is 3.06. The maximum atomic E-state index is 12.2. The zero-order chi connectivity index (χ0) is 15.2. The van der Waals surface area contributed by atoms with Crippen LogP contribution < -0.4 is 10.5 Å². The number of rotatable bonds is 6. The Kier molecular flexibility index (Phi) is 5.47. The van der Waals surface area contributed by atoms with E-state index in [9.17, 15) is 4.79 Å². The number of nitrogen functional groups attached to an aromatic ring is 1. The number of thiophene rings is 1. The number of hydrogen-bond acceptors (Lipinski definition) is 4. The van der Waals surface area contributed by atoms with Crippen LogP contribution in [0.15, 0.2) is 36.4 Å². The first-order valence-electron chi connectivity index (χ1n) is 6.59. The first kappa shape index (κ1) is 15.7. The fourth-order valence-electron chi connectivity index (χ4n) is 1.84. The van der Waals surface area contributed by atoms with Crippen LogP contribution in [0.25, 0.3) is 0 Å². The number of halogens is 1. The Hall–Kier alpha value is -1.72. The van der Waals surface area contributed by atoms with Crippen molar-refractivity contribution in [1.29, 1.82) is 0 Å². The first-order chi connectivity index (χ1) is 10.1. The average molecular weight is 325 g/mol. The number of carbonyl (C=O) groups is 1.